The Balaban J connectivity index is 1.25. The van der Waals surface area contributed by atoms with E-state index in [0.29, 0.717) is 6.10 Å². The van der Waals surface area contributed by atoms with Crippen molar-refractivity contribution in [2.45, 2.75) is 38.5 Å². The normalized spacial score (nSPS) is 23.0. The summed E-state index contributed by atoms with van der Waals surface area (Å²) in [7, 11) is 0. The fourth-order valence-corrected chi connectivity index (χ4v) is 4.80. The molecular formula is C20H27N3OS. The highest BCUT2D eigenvalue weighted by Crippen LogP contribution is 2.33. The largest absolute Gasteiger partial charge is 0.373 e. The highest BCUT2D eigenvalue weighted by molar-refractivity contribution is 7.12. The lowest BCUT2D eigenvalue weighted by atomic mass is 10.1. The van der Waals surface area contributed by atoms with Gasteiger partial charge in [-0.1, -0.05) is 6.07 Å². The lowest BCUT2D eigenvalue weighted by molar-refractivity contribution is 0.0172. The molecule has 2 aliphatic heterocycles. The van der Waals surface area contributed by atoms with E-state index in [1.54, 1.807) is 0 Å². The fourth-order valence-electron chi connectivity index (χ4n) is 3.66. The molecule has 0 spiro atoms. The smallest absolute Gasteiger partial charge is 0.0916 e. The molecule has 0 bridgehead atoms. The fraction of sp³-hybridized carbons (Fsp3) is 0.550. The SMILES string of the molecule is c1ccc(CN2CCN(Cc3ccc(C4CCCCO4)s3)CC2)nc1. The predicted molar refractivity (Wildman–Crippen MR) is 102 cm³/mol. The third-order valence-corrected chi connectivity index (χ3v) is 6.30. The number of aromatic nitrogens is 1. The van der Waals surface area contributed by atoms with Crippen molar-refractivity contribution in [1.82, 2.24) is 14.8 Å². The summed E-state index contributed by atoms with van der Waals surface area (Å²) in [6.07, 6.45) is 5.94. The molecule has 25 heavy (non-hydrogen) atoms. The van der Waals surface area contributed by atoms with Gasteiger partial charge in [0.2, 0.25) is 0 Å². The molecule has 4 nitrogen and oxygen atoms in total. The number of hydrogen-bond acceptors (Lipinski definition) is 5. The van der Waals surface area contributed by atoms with Crippen LogP contribution in [0, 0.1) is 0 Å². The highest BCUT2D eigenvalue weighted by Gasteiger charge is 2.20. The lowest BCUT2D eigenvalue weighted by Crippen LogP contribution is -2.45. The van der Waals surface area contributed by atoms with E-state index in [1.807, 2.05) is 23.6 Å². The number of ether oxygens (including phenoxy) is 1. The molecule has 1 unspecified atom stereocenters. The average Bonchev–Trinajstić information content (AvgIpc) is 3.14. The van der Waals surface area contributed by atoms with Crippen LogP contribution in [0.1, 0.15) is 40.8 Å². The van der Waals surface area contributed by atoms with Crippen LogP contribution in [0.3, 0.4) is 0 Å². The molecule has 0 radical (unpaired) electrons. The molecule has 5 heteroatoms. The van der Waals surface area contributed by atoms with Crippen LogP contribution in [-0.2, 0) is 17.8 Å². The Kier molecular flexibility index (Phi) is 5.77. The number of rotatable bonds is 5. The first-order chi connectivity index (χ1) is 12.4. The standard InChI is InChI=1S/C20H27N3OS/c1-3-9-21-17(5-1)15-22-10-12-23(13-11-22)16-18-7-8-20(25-18)19-6-2-4-14-24-19/h1,3,5,7-9,19H,2,4,6,10-16H2. The van der Waals surface area contributed by atoms with E-state index < -0.39 is 0 Å². The van der Waals surface area contributed by atoms with Gasteiger partial charge >= 0.3 is 0 Å². The van der Waals surface area contributed by atoms with Crippen LogP contribution in [0.25, 0.3) is 0 Å². The molecule has 0 saturated carbocycles. The summed E-state index contributed by atoms with van der Waals surface area (Å²) >= 11 is 1.95. The Labute approximate surface area is 154 Å². The molecule has 2 saturated heterocycles. The van der Waals surface area contributed by atoms with Crippen molar-refractivity contribution in [2.75, 3.05) is 32.8 Å². The lowest BCUT2D eigenvalue weighted by Gasteiger charge is -2.34. The van der Waals surface area contributed by atoms with Crippen molar-refractivity contribution < 1.29 is 4.74 Å². The van der Waals surface area contributed by atoms with Gasteiger partial charge in [-0.15, -0.1) is 11.3 Å². The van der Waals surface area contributed by atoms with Gasteiger partial charge in [0.15, 0.2) is 0 Å². The van der Waals surface area contributed by atoms with Crippen molar-refractivity contribution in [2.24, 2.45) is 0 Å². The van der Waals surface area contributed by atoms with E-state index in [1.165, 1.54) is 34.7 Å². The van der Waals surface area contributed by atoms with Gasteiger partial charge in [-0.2, -0.15) is 0 Å². The zero-order valence-corrected chi connectivity index (χ0v) is 15.6. The van der Waals surface area contributed by atoms with Gasteiger partial charge in [-0.05, 0) is 43.5 Å². The number of hydrogen-bond donors (Lipinski definition) is 0. The first-order valence-corrected chi connectivity index (χ1v) is 10.2. The number of thiophene rings is 1. The van der Waals surface area contributed by atoms with Gasteiger partial charge in [0.25, 0.3) is 0 Å². The quantitative estimate of drug-likeness (QED) is 0.816. The van der Waals surface area contributed by atoms with Crippen molar-refractivity contribution in [3.8, 4) is 0 Å². The molecule has 2 aromatic heterocycles. The maximum atomic E-state index is 5.92. The minimum Gasteiger partial charge on any atom is -0.373 e. The van der Waals surface area contributed by atoms with E-state index in [9.17, 15) is 0 Å². The molecule has 4 heterocycles. The molecule has 1 atom stereocenters. The summed E-state index contributed by atoms with van der Waals surface area (Å²) in [4.78, 5) is 12.4. The molecule has 2 aliphatic rings. The molecule has 0 amide bonds. The minimum atomic E-state index is 0.350. The summed E-state index contributed by atoms with van der Waals surface area (Å²) in [5, 5.41) is 0. The number of piperazine rings is 1. The van der Waals surface area contributed by atoms with Crippen LogP contribution < -0.4 is 0 Å². The van der Waals surface area contributed by atoms with E-state index in [2.05, 4.69) is 39.0 Å². The molecular weight excluding hydrogens is 330 g/mol. The molecule has 134 valence electrons. The monoisotopic (exact) mass is 357 g/mol. The molecule has 2 aromatic rings. The molecule has 0 N–H and O–H groups in total. The predicted octanol–water partition coefficient (Wildman–Crippen LogP) is 3.70. The van der Waals surface area contributed by atoms with Crippen molar-refractivity contribution in [3.63, 3.8) is 0 Å². The zero-order chi connectivity index (χ0) is 16.9. The Morgan fingerprint density at radius 3 is 2.56 bits per heavy atom. The maximum absolute atomic E-state index is 5.92. The van der Waals surface area contributed by atoms with Crippen molar-refractivity contribution in [3.05, 3.63) is 52.0 Å². The van der Waals surface area contributed by atoms with Crippen LogP contribution in [0.2, 0.25) is 0 Å². The maximum Gasteiger partial charge on any atom is 0.0916 e. The topological polar surface area (TPSA) is 28.6 Å². The molecule has 2 fully saturated rings. The second kappa shape index (κ2) is 8.41. The molecule has 4 rings (SSSR count). The summed E-state index contributed by atoms with van der Waals surface area (Å²) < 4.78 is 5.92. The molecule has 0 aromatic carbocycles. The first kappa shape index (κ1) is 17.2. The summed E-state index contributed by atoms with van der Waals surface area (Å²) in [6.45, 7) is 7.50. The third-order valence-electron chi connectivity index (χ3n) is 5.14. The second-order valence-electron chi connectivity index (χ2n) is 7.03. The van der Waals surface area contributed by atoms with Gasteiger partial charge in [-0.3, -0.25) is 14.8 Å². The first-order valence-electron chi connectivity index (χ1n) is 9.42. The molecule has 0 aliphatic carbocycles. The van der Waals surface area contributed by atoms with Gasteiger partial charge in [0.05, 0.1) is 11.8 Å². The Bertz CT molecular complexity index is 646. The van der Waals surface area contributed by atoms with Crippen molar-refractivity contribution >= 4 is 11.3 Å². The minimum absolute atomic E-state index is 0.350. The Morgan fingerprint density at radius 2 is 1.84 bits per heavy atom. The van der Waals surface area contributed by atoms with Gasteiger partial charge in [0.1, 0.15) is 0 Å². The van der Waals surface area contributed by atoms with E-state index in [0.717, 1.165) is 45.9 Å². The van der Waals surface area contributed by atoms with Crippen molar-refractivity contribution in [1.29, 1.82) is 0 Å². The van der Waals surface area contributed by atoms with Crippen LogP contribution in [0.15, 0.2) is 36.5 Å². The van der Waals surface area contributed by atoms with Crippen LogP contribution in [0.4, 0.5) is 0 Å². The number of pyridine rings is 1. The Morgan fingerprint density at radius 1 is 1.00 bits per heavy atom. The number of nitrogens with zero attached hydrogens (tertiary/aromatic N) is 3. The van der Waals surface area contributed by atoms with Gasteiger partial charge in [0, 0.05) is 61.8 Å². The van der Waals surface area contributed by atoms with Crippen LogP contribution in [0.5, 0.6) is 0 Å². The highest BCUT2D eigenvalue weighted by atomic mass is 32.1. The van der Waals surface area contributed by atoms with Gasteiger partial charge in [-0.25, -0.2) is 0 Å². The van der Waals surface area contributed by atoms with Crippen LogP contribution >= 0.6 is 11.3 Å². The third kappa shape index (κ3) is 4.67. The summed E-state index contributed by atoms with van der Waals surface area (Å²) in [5.74, 6) is 0. The van der Waals surface area contributed by atoms with E-state index >= 15 is 0 Å². The van der Waals surface area contributed by atoms with Gasteiger partial charge < -0.3 is 4.74 Å². The summed E-state index contributed by atoms with van der Waals surface area (Å²) in [5.41, 5.74) is 1.17. The van der Waals surface area contributed by atoms with Crippen LogP contribution in [-0.4, -0.2) is 47.6 Å². The second-order valence-corrected chi connectivity index (χ2v) is 8.23. The zero-order valence-electron chi connectivity index (χ0n) is 14.8. The van der Waals surface area contributed by atoms with E-state index in [-0.39, 0.29) is 0 Å². The Hall–Kier alpha value is -1.27. The van der Waals surface area contributed by atoms with E-state index in [4.69, 9.17) is 4.74 Å². The average molecular weight is 358 g/mol. The summed E-state index contributed by atoms with van der Waals surface area (Å²) in [6, 6.07) is 10.8.